The molecule has 0 atom stereocenters. The average Bonchev–Trinajstić information content (AvgIpc) is 2.73. The molecule has 0 unspecified atom stereocenters. The number of Topliss-reactive ketones (excluding diaryl/α,β-unsaturated/α-hetero) is 1. The van der Waals surface area contributed by atoms with E-state index in [1.54, 1.807) is 42.7 Å². The zero-order valence-corrected chi connectivity index (χ0v) is 16.9. The van der Waals surface area contributed by atoms with Crippen molar-refractivity contribution in [1.82, 2.24) is 4.98 Å². The number of carbonyl (C=O) groups excluding carboxylic acids is 1. The van der Waals surface area contributed by atoms with Gasteiger partial charge in [0.05, 0.1) is 17.1 Å². The number of hydrogen-bond acceptors (Lipinski definition) is 4. The zero-order chi connectivity index (χ0) is 20.9. The number of halogens is 2. The van der Waals surface area contributed by atoms with E-state index in [4.69, 9.17) is 11.6 Å². The van der Waals surface area contributed by atoms with Crippen LogP contribution in [0.1, 0.15) is 12.0 Å². The molecule has 0 aliphatic heterocycles. The SMILES string of the molecule is O=C(CCc1ccncc1)CN(c1cc(Cl)ccc1F)S(=O)(=O)c1ccccc1. The second kappa shape index (κ2) is 9.15. The Kier molecular flexibility index (Phi) is 6.61. The first-order chi connectivity index (χ1) is 13.9. The highest BCUT2D eigenvalue weighted by atomic mass is 35.5. The molecule has 0 aliphatic carbocycles. The van der Waals surface area contributed by atoms with Crippen LogP contribution in [0.5, 0.6) is 0 Å². The summed E-state index contributed by atoms with van der Waals surface area (Å²) in [5.74, 6) is -1.13. The van der Waals surface area contributed by atoms with Crippen molar-refractivity contribution in [2.75, 3.05) is 10.8 Å². The molecule has 0 radical (unpaired) electrons. The minimum atomic E-state index is -4.17. The molecule has 29 heavy (non-hydrogen) atoms. The van der Waals surface area contributed by atoms with Crippen molar-refractivity contribution < 1.29 is 17.6 Å². The fourth-order valence-electron chi connectivity index (χ4n) is 2.77. The van der Waals surface area contributed by atoms with E-state index in [9.17, 15) is 17.6 Å². The van der Waals surface area contributed by atoms with E-state index in [-0.39, 0.29) is 27.8 Å². The van der Waals surface area contributed by atoms with Crippen LogP contribution in [0.15, 0.2) is 78.0 Å². The Balaban J connectivity index is 1.91. The molecule has 2 aromatic carbocycles. The Bertz CT molecular complexity index is 1090. The van der Waals surface area contributed by atoms with Gasteiger partial charge in [0, 0.05) is 23.8 Å². The summed E-state index contributed by atoms with van der Waals surface area (Å²) < 4.78 is 41.6. The highest BCUT2D eigenvalue weighted by molar-refractivity contribution is 7.92. The Labute approximate surface area is 173 Å². The Morgan fingerprint density at radius 1 is 1.03 bits per heavy atom. The van der Waals surface area contributed by atoms with Crippen molar-refractivity contribution in [2.24, 2.45) is 0 Å². The van der Waals surface area contributed by atoms with Crippen LogP contribution in [0.4, 0.5) is 10.1 Å². The predicted molar refractivity (Wildman–Crippen MR) is 110 cm³/mol. The molecule has 1 heterocycles. The number of anilines is 1. The summed E-state index contributed by atoms with van der Waals surface area (Å²) in [5, 5.41) is 0.166. The van der Waals surface area contributed by atoms with Crippen molar-refractivity contribution in [3.63, 3.8) is 0 Å². The summed E-state index contributed by atoms with van der Waals surface area (Å²) in [6.45, 7) is -0.500. The van der Waals surface area contributed by atoms with Crippen molar-refractivity contribution >= 4 is 33.1 Å². The highest BCUT2D eigenvalue weighted by Gasteiger charge is 2.29. The van der Waals surface area contributed by atoms with Crippen molar-refractivity contribution in [3.8, 4) is 0 Å². The van der Waals surface area contributed by atoms with Gasteiger partial charge in [-0.2, -0.15) is 0 Å². The van der Waals surface area contributed by atoms with Gasteiger partial charge in [-0.25, -0.2) is 12.8 Å². The summed E-state index contributed by atoms with van der Waals surface area (Å²) >= 11 is 5.96. The van der Waals surface area contributed by atoms with Crippen molar-refractivity contribution in [2.45, 2.75) is 17.7 Å². The van der Waals surface area contributed by atoms with Crippen LogP contribution in [0.3, 0.4) is 0 Å². The standard InChI is InChI=1S/C21H18ClFN2O3S/c22-17-7-9-20(23)21(14-17)25(29(27,28)19-4-2-1-3-5-19)15-18(26)8-6-16-10-12-24-13-11-16/h1-5,7,9-14H,6,8,15H2. The minimum absolute atomic E-state index is 0.0405. The van der Waals surface area contributed by atoms with Gasteiger partial charge in [-0.05, 0) is 54.4 Å². The maximum atomic E-state index is 14.5. The maximum absolute atomic E-state index is 14.5. The van der Waals surface area contributed by atoms with Gasteiger partial charge in [-0.15, -0.1) is 0 Å². The summed E-state index contributed by atoms with van der Waals surface area (Å²) in [6, 6.07) is 14.7. The molecule has 0 fully saturated rings. The smallest absolute Gasteiger partial charge is 0.264 e. The third-order valence-corrected chi connectivity index (χ3v) is 6.28. The maximum Gasteiger partial charge on any atom is 0.264 e. The lowest BCUT2D eigenvalue weighted by Crippen LogP contribution is -2.36. The molecule has 0 amide bonds. The highest BCUT2D eigenvalue weighted by Crippen LogP contribution is 2.29. The number of nitrogens with zero attached hydrogens (tertiary/aromatic N) is 2. The minimum Gasteiger partial charge on any atom is -0.298 e. The second-order valence-electron chi connectivity index (χ2n) is 6.31. The second-order valence-corrected chi connectivity index (χ2v) is 8.61. The van der Waals surface area contributed by atoms with Gasteiger partial charge in [-0.1, -0.05) is 29.8 Å². The number of rotatable bonds is 8. The molecule has 0 saturated carbocycles. The van der Waals surface area contributed by atoms with Crippen LogP contribution >= 0.6 is 11.6 Å². The molecule has 3 aromatic rings. The molecule has 0 bridgehead atoms. The zero-order valence-electron chi connectivity index (χ0n) is 15.3. The third kappa shape index (κ3) is 5.19. The first kappa shape index (κ1) is 21.0. The lowest BCUT2D eigenvalue weighted by Gasteiger charge is -2.24. The lowest BCUT2D eigenvalue weighted by atomic mass is 10.1. The number of sulfonamides is 1. The van der Waals surface area contributed by atoms with Crippen molar-refractivity contribution in [1.29, 1.82) is 0 Å². The monoisotopic (exact) mass is 432 g/mol. The van der Waals surface area contributed by atoms with Crippen LogP contribution < -0.4 is 4.31 Å². The van der Waals surface area contributed by atoms with Gasteiger partial charge in [-0.3, -0.25) is 14.1 Å². The van der Waals surface area contributed by atoms with Crippen LogP contribution in [-0.2, 0) is 21.2 Å². The van der Waals surface area contributed by atoms with E-state index in [0.717, 1.165) is 15.9 Å². The van der Waals surface area contributed by atoms with E-state index in [0.29, 0.717) is 6.42 Å². The molecule has 0 saturated heterocycles. The molecule has 0 aliphatic rings. The normalized spacial score (nSPS) is 11.2. The van der Waals surface area contributed by atoms with E-state index in [2.05, 4.69) is 4.98 Å². The largest absolute Gasteiger partial charge is 0.298 e. The van der Waals surface area contributed by atoms with E-state index in [1.807, 2.05) is 0 Å². The number of aryl methyl sites for hydroxylation is 1. The fraction of sp³-hybridized carbons (Fsp3) is 0.143. The van der Waals surface area contributed by atoms with E-state index >= 15 is 0 Å². The van der Waals surface area contributed by atoms with Crippen LogP contribution in [0.2, 0.25) is 5.02 Å². The molecule has 5 nitrogen and oxygen atoms in total. The van der Waals surface area contributed by atoms with Gasteiger partial charge in [0.2, 0.25) is 0 Å². The molecule has 150 valence electrons. The van der Waals surface area contributed by atoms with Crippen molar-refractivity contribution in [3.05, 3.63) is 89.5 Å². The molecule has 0 N–H and O–H groups in total. The third-order valence-electron chi connectivity index (χ3n) is 4.27. The number of pyridine rings is 1. The Hall–Kier alpha value is -2.77. The molecule has 0 spiro atoms. The van der Waals surface area contributed by atoms with Crippen LogP contribution in [-0.4, -0.2) is 25.7 Å². The van der Waals surface area contributed by atoms with Crippen LogP contribution in [0, 0.1) is 5.82 Å². The summed E-state index contributed by atoms with van der Waals surface area (Å²) in [5.41, 5.74) is 0.637. The Morgan fingerprint density at radius 2 is 1.72 bits per heavy atom. The first-order valence-electron chi connectivity index (χ1n) is 8.81. The summed E-state index contributed by atoms with van der Waals surface area (Å²) in [6.07, 6.45) is 3.77. The molecule has 1 aromatic heterocycles. The van der Waals surface area contributed by atoms with Gasteiger partial charge >= 0.3 is 0 Å². The predicted octanol–water partition coefficient (Wildman–Crippen LogP) is 4.27. The molecule has 3 rings (SSSR count). The van der Waals surface area contributed by atoms with E-state index in [1.165, 1.54) is 24.3 Å². The first-order valence-corrected chi connectivity index (χ1v) is 10.6. The number of benzene rings is 2. The topological polar surface area (TPSA) is 67.3 Å². The summed E-state index contributed by atoms with van der Waals surface area (Å²) in [7, 11) is -4.17. The van der Waals surface area contributed by atoms with Gasteiger partial charge < -0.3 is 0 Å². The van der Waals surface area contributed by atoms with Gasteiger partial charge in [0.15, 0.2) is 5.78 Å². The molecule has 8 heteroatoms. The number of ketones is 1. The lowest BCUT2D eigenvalue weighted by molar-refractivity contribution is -0.117. The molecular weight excluding hydrogens is 415 g/mol. The van der Waals surface area contributed by atoms with Gasteiger partial charge in [0.25, 0.3) is 10.0 Å². The Morgan fingerprint density at radius 3 is 2.41 bits per heavy atom. The quantitative estimate of drug-likeness (QED) is 0.533. The fourth-order valence-corrected chi connectivity index (χ4v) is 4.40. The number of aromatic nitrogens is 1. The van der Waals surface area contributed by atoms with E-state index < -0.39 is 22.4 Å². The van der Waals surface area contributed by atoms with Crippen LogP contribution in [0.25, 0.3) is 0 Å². The van der Waals surface area contributed by atoms with Gasteiger partial charge in [0.1, 0.15) is 5.82 Å². The summed E-state index contributed by atoms with van der Waals surface area (Å²) in [4.78, 5) is 16.5. The average molecular weight is 433 g/mol. The number of hydrogen-bond donors (Lipinski definition) is 0. The molecular formula is C21H18ClFN2O3S. The number of carbonyl (C=O) groups is 1.